The monoisotopic (exact) mass is 326 g/mol. The Kier molecular flexibility index (Phi) is 9.02. The van der Waals surface area contributed by atoms with Crippen LogP contribution < -0.4 is 12.4 Å². The van der Waals surface area contributed by atoms with Crippen molar-refractivity contribution in [2.24, 2.45) is 0 Å². The lowest BCUT2D eigenvalue weighted by atomic mass is 10.2. The van der Waals surface area contributed by atoms with E-state index < -0.39 is 0 Å². The molecule has 0 saturated carbocycles. The van der Waals surface area contributed by atoms with Gasteiger partial charge in [-0.05, 0) is 14.1 Å². The molecule has 4 nitrogen and oxygen atoms in total. The molecule has 0 bridgehead atoms. The van der Waals surface area contributed by atoms with E-state index >= 15 is 0 Å². The van der Waals surface area contributed by atoms with Crippen molar-refractivity contribution < 1.29 is 26.4 Å². The van der Waals surface area contributed by atoms with Crippen LogP contribution >= 0.6 is 0 Å². The fourth-order valence-corrected chi connectivity index (χ4v) is 2.45. The van der Waals surface area contributed by atoms with Crippen molar-refractivity contribution in [2.45, 2.75) is 12.6 Å². The minimum atomic E-state index is -0.360. The molecule has 1 atom stereocenters. The predicted octanol–water partition coefficient (Wildman–Crippen LogP) is -1.07. The summed E-state index contributed by atoms with van der Waals surface area (Å²) in [5, 5.41) is 0. The first-order valence-corrected chi connectivity index (χ1v) is 7.16. The third-order valence-electron chi connectivity index (χ3n) is 3.17. The Bertz CT molecular complexity index is 461. The Labute approximate surface area is 140 Å². The van der Waals surface area contributed by atoms with Crippen molar-refractivity contribution >= 4 is 5.97 Å². The number of ether oxygens (including phenoxy) is 1. The van der Waals surface area contributed by atoms with Crippen LogP contribution in [-0.4, -0.2) is 62.7 Å². The first kappa shape index (κ1) is 20.6. The topological polar surface area (TPSA) is 29.5 Å². The maximum atomic E-state index is 11.5. The van der Waals surface area contributed by atoms with E-state index in [-0.39, 0.29) is 24.5 Å². The van der Waals surface area contributed by atoms with Gasteiger partial charge in [0, 0.05) is 18.2 Å². The first-order valence-electron chi connectivity index (χ1n) is 7.16. The quantitative estimate of drug-likeness (QED) is 0.346. The number of quaternary nitrogens is 1. The number of rotatable bonds is 8. The van der Waals surface area contributed by atoms with Crippen LogP contribution in [0.4, 0.5) is 0 Å². The van der Waals surface area contributed by atoms with Crippen LogP contribution in [0.2, 0.25) is 0 Å². The molecule has 0 aromatic heterocycles. The van der Waals surface area contributed by atoms with Gasteiger partial charge in [-0.3, -0.25) is 0 Å². The summed E-state index contributed by atoms with van der Waals surface area (Å²) in [4.78, 5) is 13.5. The van der Waals surface area contributed by atoms with Crippen molar-refractivity contribution in [1.82, 2.24) is 4.90 Å². The molecule has 0 amide bonds. The lowest BCUT2D eigenvalue weighted by Crippen LogP contribution is -3.00. The van der Waals surface area contributed by atoms with E-state index in [4.69, 9.17) is 4.74 Å². The summed E-state index contributed by atoms with van der Waals surface area (Å²) < 4.78 is 6.23. The van der Waals surface area contributed by atoms with Crippen LogP contribution in [-0.2, 0) is 16.1 Å². The van der Waals surface area contributed by atoms with Crippen LogP contribution in [0.3, 0.4) is 0 Å². The number of esters is 1. The van der Waals surface area contributed by atoms with Gasteiger partial charge < -0.3 is 26.5 Å². The Morgan fingerprint density at radius 1 is 1.32 bits per heavy atom. The number of carbonyl (C=O) groups excluding carboxylic acids is 1. The molecule has 1 rings (SSSR count). The second kappa shape index (κ2) is 9.62. The molecule has 22 heavy (non-hydrogen) atoms. The first-order chi connectivity index (χ1) is 9.82. The third kappa shape index (κ3) is 8.17. The van der Waals surface area contributed by atoms with Crippen molar-refractivity contribution in [3.8, 4) is 0 Å². The van der Waals surface area contributed by atoms with Crippen LogP contribution in [0.25, 0.3) is 0 Å². The van der Waals surface area contributed by atoms with Crippen LogP contribution in [0.15, 0.2) is 43.0 Å². The van der Waals surface area contributed by atoms with Gasteiger partial charge in [0.15, 0.2) is 6.10 Å². The van der Waals surface area contributed by atoms with Gasteiger partial charge in [-0.25, -0.2) is 4.79 Å². The summed E-state index contributed by atoms with van der Waals surface area (Å²) in [6, 6.07) is 10.4. The Morgan fingerprint density at radius 2 is 1.91 bits per heavy atom. The SMILES string of the molecule is C=CC(=O)OC(CN(C)C)C[N+](C)(C)Cc1ccccc1.[Cl-]. The molecule has 5 heteroatoms. The van der Waals surface area contributed by atoms with Gasteiger partial charge in [-0.2, -0.15) is 0 Å². The molecule has 124 valence electrons. The maximum Gasteiger partial charge on any atom is 0.330 e. The summed E-state index contributed by atoms with van der Waals surface area (Å²) >= 11 is 0. The molecule has 0 spiro atoms. The predicted molar refractivity (Wildman–Crippen MR) is 85.8 cm³/mol. The number of likely N-dealkylation sites (N-methyl/N-ethyl adjacent to an activating group) is 2. The van der Waals surface area contributed by atoms with Crippen molar-refractivity contribution in [3.63, 3.8) is 0 Å². The van der Waals surface area contributed by atoms with Crippen LogP contribution in [0.5, 0.6) is 0 Å². The van der Waals surface area contributed by atoms with Gasteiger partial charge >= 0.3 is 5.97 Å². The van der Waals surface area contributed by atoms with Gasteiger partial charge in [0.1, 0.15) is 13.1 Å². The second-order valence-corrected chi connectivity index (χ2v) is 6.29. The molecule has 0 aliphatic carbocycles. The molecular formula is C17H27ClN2O2. The van der Waals surface area contributed by atoms with E-state index in [0.29, 0.717) is 6.54 Å². The molecular weight excluding hydrogens is 300 g/mol. The highest BCUT2D eigenvalue weighted by molar-refractivity contribution is 5.81. The molecule has 1 aromatic carbocycles. The van der Waals surface area contributed by atoms with Crippen molar-refractivity contribution in [3.05, 3.63) is 48.6 Å². The Hall–Kier alpha value is -1.36. The smallest absolute Gasteiger partial charge is 0.330 e. The largest absolute Gasteiger partial charge is 1.00 e. The van der Waals surface area contributed by atoms with E-state index in [1.807, 2.05) is 37.2 Å². The fourth-order valence-electron chi connectivity index (χ4n) is 2.45. The average Bonchev–Trinajstić information content (AvgIpc) is 2.37. The van der Waals surface area contributed by atoms with Gasteiger partial charge in [-0.1, -0.05) is 36.9 Å². The van der Waals surface area contributed by atoms with Gasteiger partial charge in [0.25, 0.3) is 0 Å². The molecule has 0 heterocycles. The summed E-state index contributed by atoms with van der Waals surface area (Å²) in [5.41, 5.74) is 1.28. The second-order valence-electron chi connectivity index (χ2n) is 6.29. The number of halogens is 1. The average molecular weight is 327 g/mol. The zero-order chi connectivity index (χ0) is 15.9. The Balaban J connectivity index is 0.00000441. The highest BCUT2D eigenvalue weighted by Gasteiger charge is 2.25. The molecule has 0 radical (unpaired) electrons. The van der Waals surface area contributed by atoms with E-state index in [1.165, 1.54) is 11.6 Å². The summed E-state index contributed by atoms with van der Waals surface area (Å²) in [6.45, 7) is 5.82. The molecule has 0 fully saturated rings. The molecule has 0 aliphatic heterocycles. The normalized spacial score (nSPS) is 12.4. The van der Waals surface area contributed by atoms with Gasteiger partial charge in [-0.15, -0.1) is 0 Å². The van der Waals surface area contributed by atoms with Crippen LogP contribution in [0.1, 0.15) is 5.56 Å². The molecule has 0 N–H and O–H groups in total. The van der Waals surface area contributed by atoms with E-state index in [2.05, 4.69) is 32.8 Å². The molecule has 0 saturated heterocycles. The minimum Gasteiger partial charge on any atom is -1.00 e. The molecule has 1 unspecified atom stereocenters. The number of nitrogens with zero attached hydrogens (tertiary/aromatic N) is 2. The lowest BCUT2D eigenvalue weighted by molar-refractivity contribution is -0.906. The van der Waals surface area contributed by atoms with Crippen molar-refractivity contribution in [1.29, 1.82) is 0 Å². The standard InChI is InChI=1S/C17H27N2O2.ClH/c1-6-17(20)21-16(12-18(2)3)14-19(4,5)13-15-10-8-7-9-11-15;/h6-11,16H,1,12-14H2,2-5H3;1H/q+1;/p-1. The maximum absolute atomic E-state index is 11.5. The van der Waals surface area contributed by atoms with Gasteiger partial charge in [0.2, 0.25) is 0 Å². The fraction of sp³-hybridized carbons (Fsp3) is 0.471. The number of benzene rings is 1. The van der Waals surface area contributed by atoms with E-state index in [1.54, 1.807) is 0 Å². The summed E-state index contributed by atoms with van der Waals surface area (Å²) in [5.74, 6) is -0.360. The number of carbonyl (C=O) groups is 1. The zero-order valence-electron chi connectivity index (χ0n) is 14.0. The third-order valence-corrected chi connectivity index (χ3v) is 3.17. The van der Waals surface area contributed by atoms with E-state index in [0.717, 1.165) is 17.6 Å². The molecule has 0 aliphatic rings. The number of hydrogen-bond donors (Lipinski definition) is 0. The van der Waals surface area contributed by atoms with Crippen molar-refractivity contribution in [2.75, 3.05) is 41.3 Å². The van der Waals surface area contributed by atoms with E-state index in [9.17, 15) is 4.79 Å². The van der Waals surface area contributed by atoms with Crippen LogP contribution in [0, 0.1) is 0 Å². The zero-order valence-corrected chi connectivity index (χ0v) is 14.7. The summed E-state index contributed by atoms with van der Waals surface area (Å²) in [7, 11) is 8.26. The summed E-state index contributed by atoms with van der Waals surface area (Å²) in [6.07, 6.45) is 1.07. The Morgan fingerprint density at radius 3 is 2.41 bits per heavy atom. The lowest BCUT2D eigenvalue weighted by Gasteiger charge is -2.34. The highest BCUT2D eigenvalue weighted by atomic mass is 35.5. The molecule has 1 aromatic rings. The highest BCUT2D eigenvalue weighted by Crippen LogP contribution is 2.12. The number of hydrogen-bond acceptors (Lipinski definition) is 3. The van der Waals surface area contributed by atoms with Gasteiger partial charge in [0.05, 0.1) is 14.1 Å². The minimum absolute atomic E-state index is 0.